The fraction of sp³-hybridized carbons (Fsp3) is 0.370. The van der Waals surface area contributed by atoms with E-state index in [0.29, 0.717) is 12.0 Å². The molecule has 184 valence electrons. The van der Waals surface area contributed by atoms with E-state index in [9.17, 15) is 14.4 Å². The molecular formula is C27H29ClN2O5. The average Bonchev–Trinajstić information content (AvgIpc) is 3.20. The summed E-state index contributed by atoms with van der Waals surface area (Å²) >= 11 is 6.00. The molecule has 1 aliphatic heterocycles. The summed E-state index contributed by atoms with van der Waals surface area (Å²) in [7, 11) is 0. The van der Waals surface area contributed by atoms with E-state index in [1.807, 2.05) is 45.0 Å². The minimum absolute atomic E-state index is 0.203. The highest BCUT2D eigenvalue weighted by atomic mass is 35.5. The molecule has 1 aromatic heterocycles. The second-order valence-corrected chi connectivity index (χ2v) is 9.76. The lowest BCUT2D eigenvalue weighted by atomic mass is 9.87. The van der Waals surface area contributed by atoms with E-state index in [-0.39, 0.29) is 18.4 Å². The number of hydrogen-bond acceptors (Lipinski definition) is 5. The van der Waals surface area contributed by atoms with Crippen molar-refractivity contribution in [2.24, 2.45) is 0 Å². The van der Waals surface area contributed by atoms with Gasteiger partial charge in [0.05, 0.1) is 18.2 Å². The largest absolute Gasteiger partial charge is 0.464 e. The number of nitrogens with one attached hydrogen (secondary N) is 1. The maximum absolute atomic E-state index is 13.1. The van der Waals surface area contributed by atoms with E-state index in [1.54, 1.807) is 31.2 Å². The minimum atomic E-state index is -0.830. The van der Waals surface area contributed by atoms with Gasteiger partial charge in [0.1, 0.15) is 17.5 Å². The van der Waals surface area contributed by atoms with Crippen molar-refractivity contribution in [1.29, 1.82) is 0 Å². The Morgan fingerprint density at radius 2 is 1.77 bits per heavy atom. The Bertz CT molecular complexity index is 1260. The van der Waals surface area contributed by atoms with Gasteiger partial charge >= 0.3 is 11.9 Å². The van der Waals surface area contributed by atoms with Gasteiger partial charge in [-0.05, 0) is 57.0 Å². The zero-order valence-corrected chi connectivity index (χ0v) is 21.0. The van der Waals surface area contributed by atoms with Crippen molar-refractivity contribution < 1.29 is 23.9 Å². The van der Waals surface area contributed by atoms with E-state index < -0.39 is 29.6 Å². The van der Waals surface area contributed by atoms with Gasteiger partial charge in [-0.25, -0.2) is 9.59 Å². The zero-order valence-electron chi connectivity index (χ0n) is 20.3. The number of halogens is 1. The first-order valence-corrected chi connectivity index (χ1v) is 12.1. The topological polar surface area (TPSA) is 88.7 Å². The van der Waals surface area contributed by atoms with Crippen molar-refractivity contribution in [3.63, 3.8) is 0 Å². The fourth-order valence-electron chi connectivity index (χ4n) is 4.57. The molecule has 3 aromatic rings. The van der Waals surface area contributed by atoms with Crippen LogP contribution in [0.25, 0.3) is 10.9 Å². The van der Waals surface area contributed by atoms with Gasteiger partial charge < -0.3 is 19.4 Å². The minimum Gasteiger partial charge on any atom is -0.464 e. The van der Waals surface area contributed by atoms with Crippen LogP contribution in [0.1, 0.15) is 60.9 Å². The van der Waals surface area contributed by atoms with Crippen molar-refractivity contribution in [2.75, 3.05) is 12.5 Å². The molecule has 0 bridgehead atoms. The smallest absolute Gasteiger partial charge is 0.338 e. The van der Waals surface area contributed by atoms with Gasteiger partial charge in [-0.2, -0.15) is 0 Å². The van der Waals surface area contributed by atoms with Gasteiger partial charge in [0.15, 0.2) is 0 Å². The van der Waals surface area contributed by atoms with Crippen LogP contribution in [0.3, 0.4) is 0 Å². The van der Waals surface area contributed by atoms with Gasteiger partial charge in [0, 0.05) is 23.0 Å². The predicted molar refractivity (Wildman–Crippen MR) is 133 cm³/mol. The number of hydrogen-bond donors (Lipinski definition) is 1. The number of esters is 2. The quantitative estimate of drug-likeness (QED) is 0.406. The monoisotopic (exact) mass is 496 g/mol. The molecule has 2 atom stereocenters. The Labute approximate surface area is 209 Å². The Hall–Kier alpha value is -3.32. The van der Waals surface area contributed by atoms with Crippen LogP contribution in [0.5, 0.6) is 0 Å². The molecule has 35 heavy (non-hydrogen) atoms. The van der Waals surface area contributed by atoms with E-state index >= 15 is 0 Å². The van der Waals surface area contributed by atoms with Crippen molar-refractivity contribution in [3.05, 3.63) is 70.9 Å². The van der Waals surface area contributed by atoms with Crippen LogP contribution in [0.15, 0.2) is 48.5 Å². The summed E-state index contributed by atoms with van der Waals surface area (Å²) in [5, 5.41) is 0.991. The maximum atomic E-state index is 13.1. The molecule has 0 spiro atoms. The van der Waals surface area contributed by atoms with Crippen LogP contribution in [-0.2, 0) is 25.5 Å². The molecule has 1 aliphatic rings. The Morgan fingerprint density at radius 3 is 2.40 bits per heavy atom. The highest BCUT2D eigenvalue weighted by molar-refractivity contribution is 6.27. The number of alkyl halides is 1. The fourth-order valence-corrected chi connectivity index (χ4v) is 4.71. The zero-order chi connectivity index (χ0) is 25.3. The number of nitrogens with zero attached hydrogens (tertiary/aromatic N) is 1. The average molecular weight is 497 g/mol. The third kappa shape index (κ3) is 4.91. The molecule has 0 saturated heterocycles. The molecule has 2 aromatic carbocycles. The molecule has 1 amide bonds. The number of aromatic nitrogens is 1. The van der Waals surface area contributed by atoms with Crippen molar-refractivity contribution >= 4 is 40.3 Å². The number of fused-ring (bicyclic) bond motifs is 3. The van der Waals surface area contributed by atoms with E-state index in [0.717, 1.165) is 27.7 Å². The normalized spacial score (nSPS) is 17.7. The highest BCUT2D eigenvalue weighted by Crippen LogP contribution is 2.41. The number of rotatable bonds is 5. The molecule has 0 radical (unpaired) electrons. The Balaban J connectivity index is 1.84. The molecule has 2 heterocycles. The van der Waals surface area contributed by atoms with Gasteiger partial charge in [0.2, 0.25) is 5.91 Å². The summed E-state index contributed by atoms with van der Waals surface area (Å²) in [5.74, 6) is -1.57. The summed E-state index contributed by atoms with van der Waals surface area (Å²) < 4.78 is 10.8. The molecule has 1 N–H and O–H groups in total. The van der Waals surface area contributed by atoms with Gasteiger partial charge in [-0.1, -0.05) is 30.3 Å². The van der Waals surface area contributed by atoms with Crippen molar-refractivity contribution in [2.45, 2.75) is 51.8 Å². The molecule has 0 fully saturated rings. The van der Waals surface area contributed by atoms with Crippen LogP contribution in [0, 0.1) is 0 Å². The lowest BCUT2D eigenvalue weighted by Crippen LogP contribution is -2.52. The maximum Gasteiger partial charge on any atom is 0.338 e. The van der Waals surface area contributed by atoms with Crippen LogP contribution in [0.4, 0.5) is 0 Å². The lowest BCUT2D eigenvalue weighted by molar-refractivity contribution is -0.156. The third-order valence-corrected chi connectivity index (χ3v) is 6.18. The van der Waals surface area contributed by atoms with Crippen molar-refractivity contribution in [3.8, 4) is 0 Å². The number of carbonyl (C=O) groups excluding carboxylic acids is 3. The van der Waals surface area contributed by atoms with E-state index in [4.69, 9.17) is 21.1 Å². The second kappa shape index (κ2) is 9.74. The first-order valence-electron chi connectivity index (χ1n) is 11.6. The number of carbonyl (C=O) groups is 3. The van der Waals surface area contributed by atoms with Gasteiger partial charge in [0.25, 0.3) is 0 Å². The number of para-hydroxylation sites is 1. The molecule has 0 unspecified atom stereocenters. The van der Waals surface area contributed by atoms with Crippen LogP contribution in [0.2, 0.25) is 0 Å². The molecular weight excluding hydrogens is 468 g/mol. The Morgan fingerprint density at radius 1 is 1.09 bits per heavy atom. The lowest BCUT2D eigenvalue weighted by Gasteiger charge is -2.40. The van der Waals surface area contributed by atoms with Gasteiger partial charge in [-0.15, -0.1) is 11.6 Å². The van der Waals surface area contributed by atoms with E-state index in [1.165, 1.54) is 4.90 Å². The first kappa shape index (κ1) is 24.8. The highest BCUT2D eigenvalue weighted by Gasteiger charge is 2.43. The summed E-state index contributed by atoms with van der Waals surface area (Å²) in [6, 6.07) is 13.3. The number of H-pyrrole nitrogens is 1. The van der Waals surface area contributed by atoms with Crippen molar-refractivity contribution in [1.82, 2.24) is 9.88 Å². The SMILES string of the molecule is CCOC(=O)[C@H]1Cc2c([nH]c3ccccc23)[C@H](c2ccc(C(=O)OC(C)(C)C)cc2)N1C(=O)CCl. The molecule has 8 heteroatoms. The third-order valence-electron chi connectivity index (χ3n) is 5.95. The number of benzene rings is 2. The van der Waals surface area contributed by atoms with Crippen LogP contribution >= 0.6 is 11.6 Å². The van der Waals surface area contributed by atoms with Gasteiger partial charge in [-0.3, -0.25) is 4.79 Å². The first-order chi connectivity index (χ1) is 16.6. The number of ether oxygens (including phenoxy) is 2. The summed E-state index contributed by atoms with van der Waals surface area (Å²) in [4.78, 5) is 43.6. The van der Waals surface area contributed by atoms with Crippen LogP contribution in [-0.4, -0.2) is 51.9 Å². The number of aromatic amines is 1. The second-order valence-electron chi connectivity index (χ2n) is 9.50. The summed E-state index contributed by atoms with van der Waals surface area (Å²) in [6.45, 7) is 7.37. The molecule has 7 nitrogen and oxygen atoms in total. The molecule has 4 rings (SSSR count). The summed E-state index contributed by atoms with van der Waals surface area (Å²) in [5.41, 5.74) is 3.20. The molecule has 0 saturated carbocycles. The van der Waals surface area contributed by atoms with Crippen LogP contribution < -0.4 is 0 Å². The molecule has 0 aliphatic carbocycles. The standard InChI is InChI=1S/C27H29ClN2O5/c1-5-34-26(33)21-14-19-18-8-6-7-9-20(18)29-23(19)24(30(21)22(31)15-28)16-10-12-17(13-11-16)25(32)35-27(2,3)4/h6-13,21,24,29H,5,14-15H2,1-4H3/t21-,24+/m1/s1. The summed E-state index contributed by atoms with van der Waals surface area (Å²) in [6.07, 6.45) is 0.313. The predicted octanol–water partition coefficient (Wildman–Crippen LogP) is 4.77. The van der Waals surface area contributed by atoms with E-state index in [2.05, 4.69) is 4.98 Å². The Kier molecular flexibility index (Phi) is 6.90. The number of amides is 1.